The number of aromatic amines is 2. The van der Waals surface area contributed by atoms with Crippen molar-refractivity contribution >= 4 is 0 Å². The molecule has 0 atom stereocenters. The number of benzene rings is 2. The van der Waals surface area contributed by atoms with Crippen molar-refractivity contribution in [1.29, 1.82) is 0 Å². The van der Waals surface area contributed by atoms with Crippen molar-refractivity contribution in [3.05, 3.63) is 104 Å². The molecular formula is C28H36N4. The van der Waals surface area contributed by atoms with Crippen LogP contribution in [-0.2, 0) is 12.8 Å². The lowest BCUT2D eigenvalue weighted by Crippen LogP contribution is -2.01. The molecule has 0 aliphatic heterocycles. The Kier molecular flexibility index (Phi) is 7.34. The highest BCUT2D eigenvalue weighted by molar-refractivity contribution is 5.46. The number of hydrogen-bond donors (Lipinski definition) is 2. The Morgan fingerprint density at radius 3 is 1.09 bits per heavy atom. The van der Waals surface area contributed by atoms with Crippen molar-refractivity contribution in [3.63, 3.8) is 0 Å². The molecule has 2 aromatic carbocycles. The molecule has 0 radical (unpaired) electrons. The third-order valence-electron chi connectivity index (χ3n) is 6.84. The van der Waals surface area contributed by atoms with Crippen LogP contribution in [0.4, 0.5) is 0 Å². The zero-order valence-electron chi connectivity index (χ0n) is 20.8. The van der Waals surface area contributed by atoms with E-state index in [0.717, 1.165) is 24.5 Å². The maximum Gasteiger partial charge on any atom is 0.110 e. The number of H-pyrrole nitrogens is 2. The number of rotatable bonds is 4. The van der Waals surface area contributed by atoms with Gasteiger partial charge in [0.25, 0.3) is 0 Å². The first-order chi connectivity index (χ1) is 15.2. The minimum absolute atomic E-state index is 0.896. The molecule has 0 aliphatic carbocycles. The Balaban J connectivity index is 0.000000181. The summed E-state index contributed by atoms with van der Waals surface area (Å²) in [6.07, 6.45) is 9.16. The SMILES string of the molecule is Cc1cc(C)c(C)c(Cc2ncc[nH]2)c1C.Cc1cc(C)c(C)c(Cc2ncc[nH]2)c1C. The van der Waals surface area contributed by atoms with E-state index in [1.165, 1.54) is 55.6 Å². The van der Waals surface area contributed by atoms with Gasteiger partial charge in [0, 0.05) is 37.6 Å². The summed E-state index contributed by atoms with van der Waals surface area (Å²) in [6, 6.07) is 4.52. The maximum absolute atomic E-state index is 4.30. The van der Waals surface area contributed by atoms with Crippen molar-refractivity contribution in [3.8, 4) is 0 Å². The summed E-state index contributed by atoms with van der Waals surface area (Å²) in [5.74, 6) is 2.08. The molecule has 0 fully saturated rings. The van der Waals surface area contributed by atoms with Crippen LogP contribution in [0.5, 0.6) is 0 Å². The van der Waals surface area contributed by atoms with E-state index >= 15 is 0 Å². The van der Waals surface area contributed by atoms with Crippen LogP contribution in [0.15, 0.2) is 36.9 Å². The monoisotopic (exact) mass is 428 g/mol. The van der Waals surface area contributed by atoms with Crippen LogP contribution in [0, 0.1) is 55.4 Å². The molecule has 0 amide bonds. The normalized spacial score (nSPS) is 10.8. The molecule has 2 aromatic heterocycles. The maximum atomic E-state index is 4.30. The average Bonchev–Trinajstić information content (AvgIpc) is 3.46. The van der Waals surface area contributed by atoms with Gasteiger partial charge in [0.2, 0.25) is 0 Å². The van der Waals surface area contributed by atoms with Gasteiger partial charge in [0.1, 0.15) is 11.6 Å². The Labute approximate surface area is 192 Å². The van der Waals surface area contributed by atoms with Gasteiger partial charge < -0.3 is 9.97 Å². The van der Waals surface area contributed by atoms with E-state index < -0.39 is 0 Å². The lowest BCUT2D eigenvalue weighted by atomic mass is 9.92. The summed E-state index contributed by atoms with van der Waals surface area (Å²) in [5, 5.41) is 0. The molecule has 2 N–H and O–H groups in total. The molecule has 4 heteroatoms. The van der Waals surface area contributed by atoms with Crippen molar-refractivity contribution in [2.75, 3.05) is 0 Å². The van der Waals surface area contributed by atoms with Crippen molar-refractivity contribution in [2.24, 2.45) is 0 Å². The summed E-state index contributed by atoms with van der Waals surface area (Å²) < 4.78 is 0. The van der Waals surface area contributed by atoms with Gasteiger partial charge in [0.05, 0.1) is 0 Å². The van der Waals surface area contributed by atoms with Crippen LogP contribution in [0.3, 0.4) is 0 Å². The standard InChI is InChI=1S/2C14H18N2/c2*1-9-7-10(2)12(4)13(11(9)3)8-14-15-5-6-16-14/h2*5-7H,8H2,1-4H3,(H,15,16). The lowest BCUT2D eigenvalue weighted by molar-refractivity contribution is 0.989. The quantitative estimate of drug-likeness (QED) is 0.391. The summed E-state index contributed by atoms with van der Waals surface area (Å²) in [5.41, 5.74) is 13.8. The Hall–Kier alpha value is -3.14. The fraction of sp³-hybridized carbons (Fsp3) is 0.357. The van der Waals surface area contributed by atoms with Gasteiger partial charge in [0.15, 0.2) is 0 Å². The summed E-state index contributed by atoms with van der Waals surface area (Å²) in [7, 11) is 0. The molecule has 0 unspecified atom stereocenters. The summed E-state index contributed by atoms with van der Waals surface area (Å²) in [4.78, 5) is 14.9. The predicted molar refractivity (Wildman–Crippen MR) is 134 cm³/mol. The topological polar surface area (TPSA) is 57.4 Å². The number of imidazole rings is 2. The fourth-order valence-electron chi connectivity index (χ4n) is 4.25. The van der Waals surface area contributed by atoms with E-state index in [2.05, 4.69) is 87.5 Å². The highest BCUT2D eigenvalue weighted by atomic mass is 14.9. The molecule has 4 nitrogen and oxygen atoms in total. The summed E-state index contributed by atoms with van der Waals surface area (Å²) >= 11 is 0. The predicted octanol–water partition coefficient (Wildman–Crippen LogP) is 6.47. The van der Waals surface area contributed by atoms with Crippen LogP contribution < -0.4 is 0 Å². The summed E-state index contributed by atoms with van der Waals surface area (Å²) in [6.45, 7) is 17.5. The number of nitrogens with zero attached hydrogens (tertiary/aromatic N) is 2. The first kappa shape index (κ1) is 23.5. The van der Waals surface area contributed by atoms with Crippen molar-refractivity contribution in [1.82, 2.24) is 19.9 Å². The zero-order chi connectivity index (χ0) is 23.4. The largest absolute Gasteiger partial charge is 0.348 e. The first-order valence-corrected chi connectivity index (χ1v) is 11.3. The Bertz CT molecular complexity index is 1040. The molecule has 0 bridgehead atoms. The van der Waals surface area contributed by atoms with Crippen molar-refractivity contribution < 1.29 is 0 Å². The number of aromatic nitrogens is 4. The highest BCUT2D eigenvalue weighted by Gasteiger charge is 2.11. The molecule has 2 heterocycles. The minimum Gasteiger partial charge on any atom is -0.348 e. The average molecular weight is 429 g/mol. The smallest absolute Gasteiger partial charge is 0.110 e. The van der Waals surface area contributed by atoms with Gasteiger partial charge in [-0.15, -0.1) is 0 Å². The lowest BCUT2D eigenvalue weighted by Gasteiger charge is -2.14. The van der Waals surface area contributed by atoms with E-state index in [-0.39, 0.29) is 0 Å². The van der Waals surface area contributed by atoms with E-state index in [1.807, 2.05) is 24.8 Å². The van der Waals surface area contributed by atoms with Crippen molar-refractivity contribution in [2.45, 2.75) is 68.2 Å². The Morgan fingerprint density at radius 1 is 0.531 bits per heavy atom. The molecule has 32 heavy (non-hydrogen) atoms. The third kappa shape index (κ3) is 5.18. The van der Waals surface area contributed by atoms with Gasteiger partial charge in [-0.2, -0.15) is 0 Å². The Morgan fingerprint density at radius 2 is 0.844 bits per heavy atom. The van der Waals surface area contributed by atoms with Gasteiger partial charge >= 0.3 is 0 Å². The van der Waals surface area contributed by atoms with Gasteiger partial charge in [-0.3, -0.25) is 0 Å². The minimum atomic E-state index is 0.896. The van der Waals surface area contributed by atoms with E-state index in [9.17, 15) is 0 Å². The number of aryl methyl sites for hydroxylation is 4. The molecule has 0 aliphatic rings. The van der Waals surface area contributed by atoms with Crippen LogP contribution >= 0.6 is 0 Å². The molecule has 4 rings (SSSR count). The fourth-order valence-corrected chi connectivity index (χ4v) is 4.25. The van der Waals surface area contributed by atoms with E-state index in [1.54, 1.807) is 0 Å². The van der Waals surface area contributed by atoms with Crippen LogP contribution in [0.25, 0.3) is 0 Å². The number of nitrogens with one attached hydrogen (secondary N) is 2. The second kappa shape index (κ2) is 9.99. The molecule has 0 saturated carbocycles. The zero-order valence-corrected chi connectivity index (χ0v) is 20.8. The third-order valence-corrected chi connectivity index (χ3v) is 6.84. The number of hydrogen-bond acceptors (Lipinski definition) is 2. The second-order valence-electron chi connectivity index (χ2n) is 8.90. The molecule has 4 aromatic rings. The van der Waals surface area contributed by atoms with Crippen LogP contribution in [0.2, 0.25) is 0 Å². The van der Waals surface area contributed by atoms with Gasteiger partial charge in [-0.25, -0.2) is 9.97 Å². The van der Waals surface area contributed by atoms with E-state index in [4.69, 9.17) is 0 Å². The van der Waals surface area contributed by atoms with Gasteiger partial charge in [-0.1, -0.05) is 12.1 Å². The first-order valence-electron chi connectivity index (χ1n) is 11.3. The highest BCUT2D eigenvalue weighted by Crippen LogP contribution is 2.24. The molecular weight excluding hydrogens is 392 g/mol. The van der Waals surface area contributed by atoms with Crippen LogP contribution in [-0.4, -0.2) is 19.9 Å². The van der Waals surface area contributed by atoms with Crippen LogP contribution in [0.1, 0.15) is 67.3 Å². The van der Waals surface area contributed by atoms with Gasteiger partial charge in [-0.05, 0) is 111 Å². The van der Waals surface area contributed by atoms with E-state index in [0.29, 0.717) is 0 Å². The molecule has 0 saturated heterocycles. The second-order valence-corrected chi connectivity index (χ2v) is 8.90. The molecule has 0 spiro atoms. The molecule has 168 valence electrons.